The molecule has 2 aliphatic heterocycles. The molecule has 174 valence electrons. The number of hydrogen-bond donors (Lipinski definition) is 1. The highest BCUT2D eigenvalue weighted by Gasteiger charge is 2.34. The fraction of sp³-hybridized carbons (Fsp3) is 0.462. The minimum atomic E-state index is 0.111. The Balaban J connectivity index is 1.25. The number of fused-ring (bicyclic) bond motifs is 3. The maximum Gasteiger partial charge on any atom is 0.253 e. The molecule has 3 fully saturated rings. The average Bonchev–Trinajstić information content (AvgIpc) is 3.29. The van der Waals surface area contributed by atoms with Crippen LogP contribution in [0.2, 0.25) is 0 Å². The number of amides is 1. The lowest BCUT2D eigenvalue weighted by molar-refractivity contribution is 0.0669. The van der Waals surface area contributed by atoms with Crippen molar-refractivity contribution in [1.29, 1.82) is 0 Å². The SMILES string of the molecule is Cn1c(-c2cc3cncnc3n2CC2CC2)nc2cc(C(=O)N3CCC4CCNC4C3)ccc21. The molecule has 2 unspecified atom stereocenters. The van der Waals surface area contributed by atoms with Gasteiger partial charge in [-0.3, -0.25) is 4.79 Å². The summed E-state index contributed by atoms with van der Waals surface area (Å²) in [7, 11) is 2.05. The van der Waals surface area contributed by atoms with Gasteiger partial charge >= 0.3 is 0 Å². The molecule has 2 saturated heterocycles. The first-order chi connectivity index (χ1) is 16.7. The van der Waals surface area contributed by atoms with Crippen LogP contribution in [0, 0.1) is 11.8 Å². The lowest BCUT2D eigenvalue weighted by atomic mass is 9.92. The third-order valence-corrected chi connectivity index (χ3v) is 8.02. The van der Waals surface area contributed by atoms with Crippen LogP contribution >= 0.6 is 0 Å². The summed E-state index contributed by atoms with van der Waals surface area (Å²) in [5.74, 6) is 2.44. The van der Waals surface area contributed by atoms with Gasteiger partial charge in [0, 0.05) is 49.9 Å². The van der Waals surface area contributed by atoms with Crippen LogP contribution in [0.4, 0.5) is 0 Å². The quantitative estimate of drug-likeness (QED) is 0.511. The van der Waals surface area contributed by atoms with E-state index in [0.29, 0.717) is 12.0 Å². The highest BCUT2D eigenvalue weighted by molar-refractivity contribution is 5.98. The Morgan fingerprint density at radius 1 is 1.18 bits per heavy atom. The van der Waals surface area contributed by atoms with E-state index in [1.54, 1.807) is 6.33 Å². The maximum atomic E-state index is 13.3. The first-order valence-electron chi connectivity index (χ1n) is 12.4. The Hall–Kier alpha value is -3.26. The molecule has 0 bridgehead atoms. The van der Waals surface area contributed by atoms with Crippen molar-refractivity contribution < 1.29 is 4.79 Å². The summed E-state index contributed by atoms with van der Waals surface area (Å²) < 4.78 is 4.42. The molecule has 2 atom stereocenters. The molecule has 34 heavy (non-hydrogen) atoms. The zero-order valence-corrected chi connectivity index (χ0v) is 19.4. The van der Waals surface area contributed by atoms with E-state index < -0.39 is 0 Å². The summed E-state index contributed by atoms with van der Waals surface area (Å²) in [5, 5.41) is 4.60. The molecule has 0 spiro atoms. The first-order valence-corrected chi connectivity index (χ1v) is 12.4. The highest BCUT2D eigenvalue weighted by atomic mass is 16.2. The Morgan fingerprint density at radius 3 is 2.97 bits per heavy atom. The molecule has 1 amide bonds. The van der Waals surface area contributed by atoms with Crippen molar-refractivity contribution in [2.24, 2.45) is 18.9 Å². The summed E-state index contributed by atoms with van der Waals surface area (Å²) in [6, 6.07) is 8.54. The van der Waals surface area contributed by atoms with Crippen LogP contribution in [0.15, 0.2) is 36.8 Å². The number of nitrogens with zero attached hydrogens (tertiary/aromatic N) is 6. The summed E-state index contributed by atoms with van der Waals surface area (Å²) in [5.41, 5.74) is 4.62. The van der Waals surface area contributed by atoms with Gasteiger partial charge in [0.2, 0.25) is 0 Å². The number of aryl methyl sites for hydroxylation is 1. The third kappa shape index (κ3) is 3.23. The first kappa shape index (κ1) is 20.1. The number of carbonyl (C=O) groups is 1. The molecule has 3 aromatic heterocycles. The number of benzene rings is 1. The smallest absolute Gasteiger partial charge is 0.253 e. The van der Waals surface area contributed by atoms with Crippen LogP contribution in [-0.2, 0) is 13.6 Å². The molecule has 8 heteroatoms. The number of carbonyl (C=O) groups excluding carboxylic acids is 1. The second-order valence-electron chi connectivity index (χ2n) is 10.2. The minimum Gasteiger partial charge on any atom is -0.337 e. The molecule has 1 N–H and O–H groups in total. The molecule has 7 rings (SSSR count). The monoisotopic (exact) mass is 455 g/mol. The Morgan fingerprint density at radius 2 is 2.09 bits per heavy atom. The number of nitrogens with one attached hydrogen (secondary N) is 1. The van der Waals surface area contributed by atoms with Crippen LogP contribution in [0.1, 0.15) is 36.0 Å². The van der Waals surface area contributed by atoms with E-state index in [4.69, 9.17) is 4.98 Å². The number of likely N-dealkylation sites (tertiary alicyclic amines) is 1. The van der Waals surface area contributed by atoms with Crippen LogP contribution in [0.3, 0.4) is 0 Å². The zero-order chi connectivity index (χ0) is 22.8. The van der Waals surface area contributed by atoms with Crippen molar-refractivity contribution in [1.82, 2.24) is 34.3 Å². The predicted octanol–water partition coefficient (Wildman–Crippen LogP) is 3.22. The van der Waals surface area contributed by atoms with E-state index in [2.05, 4.69) is 30.5 Å². The van der Waals surface area contributed by atoms with E-state index in [-0.39, 0.29) is 5.91 Å². The van der Waals surface area contributed by atoms with Crippen molar-refractivity contribution in [3.8, 4) is 11.5 Å². The number of hydrogen-bond acceptors (Lipinski definition) is 5. The number of piperidine rings is 1. The maximum absolute atomic E-state index is 13.3. The van der Waals surface area contributed by atoms with E-state index >= 15 is 0 Å². The van der Waals surface area contributed by atoms with Crippen molar-refractivity contribution >= 4 is 28.0 Å². The molecule has 5 heterocycles. The normalized spacial score (nSPS) is 22.6. The lowest BCUT2D eigenvalue weighted by Gasteiger charge is -2.35. The number of rotatable bonds is 4. The molecular weight excluding hydrogens is 426 g/mol. The molecule has 3 aliphatic rings. The van der Waals surface area contributed by atoms with Gasteiger partial charge in [-0.25, -0.2) is 15.0 Å². The van der Waals surface area contributed by atoms with Gasteiger partial charge in [-0.05, 0) is 68.3 Å². The summed E-state index contributed by atoms with van der Waals surface area (Å²) >= 11 is 0. The van der Waals surface area contributed by atoms with Gasteiger partial charge in [0.05, 0.1) is 16.7 Å². The highest BCUT2D eigenvalue weighted by Crippen LogP contribution is 2.36. The summed E-state index contributed by atoms with van der Waals surface area (Å²) in [6.45, 7) is 3.67. The largest absolute Gasteiger partial charge is 0.337 e. The second-order valence-corrected chi connectivity index (χ2v) is 10.2. The van der Waals surface area contributed by atoms with Gasteiger partial charge in [0.15, 0.2) is 5.82 Å². The number of aromatic nitrogens is 5. The van der Waals surface area contributed by atoms with Gasteiger partial charge < -0.3 is 19.4 Å². The van der Waals surface area contributed by atoms with Crippen LogP contribution in [0.5, 0.6) is 0 Å². The third-order valence-electron chi connectivity index (χ3n) is 8.02. The molecular formula is C26H29N7O. The van der Waals surface area contributed by atoms with Gasteiger partial charge in [-0.1, -0.05) is 0 Å². The van der Waals surface area contributed by atoms with Gasteiger partial charge in [-0.15, -0.1) is 0 Å². The van der Waals surface area contributed by atoms with Crippen LogP contribution in [0.25, 0.3) is 33.6 Å². The lowest BCUT2D eigenvalue weighted by Crippen LogP contribution is -2.48. The molecule has 1 saturated carbocycles. The second kappa shape index (κ2) is 7.63. The van der Waals surface area contributed by atoms with E-state index in [1.807, 2.05) is 36.3 Å². The van der Waals surface area contributed by atoms with Gasteiger partial charge in [0.25, 0.3) is 5.91 Å². The van der Waals surface area contributed by atoms with Crippen molar-refractivity contribution in [3.05, 3.63) is 42.4 Å². The zero-order valence-electron chi connectivity index (χ0n) is 19.4. The molecule has 8 nitrogen and oxygen atoms in total. The fourth-order valence-corrected chi connectivity index (χ4v) is 5.89. The van der Waals surface area contributed by atoms with Crippen molar-refractivity contribution in [2.45, 2.75) is 38.3 Å². The summed E-state index contributed by atoms with van der Waals surface area (Å²) in [6.07, 6.45) is 8.35. The van der Waals surface area contributed by atoms with E-state index in [0.717, 1.165) is 77.7 Å². The Kier molecular flexibility index (Phi) is 4.52. The van der Waals surface area contributed by atoms with Crippen LogP contribution in [-0.4, -0.2) is 60.6 Å². The van der Waals surface area contributed by atoms with Crippen molar-refractivity contribution in [2.75, 3.05) is 19.6 Å². The standard InChI is InChI=1S/C26H29N7O/c1-31-22-5-4-18(26(34)32-9-7-17-6-8-28-21(17)14-32)10-20(22)30-25(31)23-11-19-12-27-15-29-24(19)33(23)13-16-2-3-16/h4-5,10-12,15-17,21,28H,2-3,6-9,13-14H2,1H3. The molecule has 1 aliphatic carbocycles. The van der Waals surface area contributed by atoms with Gasteiger partial charge in [-0.2, -0.15) is 0 Å². The average molecular weight is 456 g/mol. The Labute approximate surface area is 198 Å². The van der Waals surface area contributed by atoms with Crippen molar-refractivity contribution in [3.63, 3.8) is 0 Å². The summed E-state index contributed by atoms with van der Waals surface area (Å²) in [4.78, 5) is 29.1. The fourth-order valence-electron chi connectivity index (χ4n) is 5.89. The van der Waals surface area contributed by atoms with Gasteiger partial charge in [0.1, 0.15) is 12.0 Å². The molecule has 4 aromatic rings. The van der Waals surface area contributed by atoms with Crippen LogP contribution < -0.4 is 5.32 Å². The number of imidazole rings is 1. The minimum absolute atomic E-state index is 0.111. The topological polar surface area (TPSA) is 80.9 Å². The molecule has 0 radical (unpaired) electrons. The molecule has 1 aromatic carbocycles. The predicted molar refractivity (Wildman–Crippen MR) is 130 cm³/mol. The van der Waals surface area contributed by atoms with E-state index in [1.165, 1.54) is 19.3 Å². The van der Waals surface area contributed by atoms with E-state index in [9.17, 15) is 4.79 Å². The Bertz CT molecular complexity index is 1420.